The van der Waals surface area contributed by atoms with Crippen molar-refractivity contribution in [2.24, 2.45) is 0 Å². The molecule has 122 valence electrons. The fourth-order valence-electron chi connectivity index (χ4n) is 2.87. The quantitative estimate of drug-likeness (QED) is 0.866. The molecule has 0 aliphatic carbocycles. The highest BCUT2D eigenvalue weighted by molar-refractivity contribution is 6.28. The molecule has 0 bridgehead atoms. The van der Waals surface area contributed by atoms with Crippen molar-refractivity contribution in [3.8, 4) is 0 Å². The van der Waals surface area contributed by atoms with E-state index in [1.807, 2.05) is 11.9 Å². The lowest BCUT2D eigenvalue weighted by atomic mass is 10.1. The first-order valence-corrected chi connectivity index (χ1v) is 7.83. The number of halogens is 1. The van der Waals surface area contributed by atoms with Crippen molar-refractivity contribution in [3.05, 3.63) is 40.7 Å². The monoisotopic (exact) mass is 332 g/mol. The molecular formula is C16H21ClN6. The van der Waals surface area contributed by atoms with Crippen LogP contribution in [-0.4, -0.2) is 42.7 Å². The molecule has 0 spiro atoms. The van der Waals surface area contributed by atoms with E-state index in [-0.39, 0.29) is 5.28 Å². The second kappa shape index (κ2) is 6.22. The van der Waals surface area contributed by atoms with Crippen LogP contribution in [0, 0.1) is 0 Å². The van der Waals surface area contributed by atoms with Gasteiger partial charge in [0.15, 0.2) is 11.6 Å². The summed E-state index contributed by atoms with van der Waals surface area (Å²) in [5, 5.41) is 0.183. The normalized spacial score (nSPS) is 13.8. The zero-order chi connectivity index (χ0) is 16.6. The number of anilines is 3. The minimum absolute atomic E-state index is 0.183. The molecule has 1 aromatic heterocycles. The Morgan fingerprint density at radius 3 is 2.48 bits per heavy atom. The van der Waals surface area contributed by atoms with E-state index in [0.29, 0.717) is 12.5 Å². The molecular weight excluding hydrogens is 312 g/mol. The number of nitrogens with two attached hydrogens (primary N) is 1. The van der Waals surface area contributed by atoms with Crippen LogP contribution in [0.25, 0.3) is 0 Å². The van der Waals surface area contributed by atoms with Crippen molar-refractivity contribution in [1.29, 1.82) is 0 Å². The van der Waals surface area contributed by atoms with Gasteiger partial charge in [-0.15, -0.1) is 0 Å². The highest BCUT2D eigenvalue weighted by Gasteiger charge is 2.28. The van der Waals surface area contributed by atoms with E-state index < -0.39 is 0 Å². The van der Waals surface area contributed by atoms with E-state index in [0.717, 1.165) is 24.6 Å². The van der Waals surface area contributed by atoms with Gasteiger partial charge < -0.3 is 20.4 Å². The second-order valence-electron chi connectivity index (χ2n) is 6.14. The molecule has 1 aromatic carbocycles. The molecule has 1 aliphatic rings. The maximum atomic E-state index is 5.98. The molecule has 23 heavy (non-hydrogen) atoms. The molecule has 3 rings (SSSR count). The van der Waals surface area contributed by atoms with Crippen LogP contribution >= 0.6 is 11.6 Å². The Kier molecular flexibility index (Phi) is 4.28. The van der Waals surface area contributed by atoms with Gasteiger partial charge in [-0.25, -0.2) is 0 Å². The van der Waals surface area contributed by atoms with Crippen LogP contribution in [-0.2, 0) is 13.1 Å². The first-order valence-electron chi connectivity index (χ1n) is 7.45. The number of rotatable bonds is 4. The SMILES string of the molecule is CN(C)Cc1ccc(CN2CN(C)c3c(N)nc(Cl)nc32)cc1. The summed E-state index contributed by atoms with van der Waals surface area (Å²) in [5.41, 5.74) is 9.34. The zero-order valence-electron chi connectivity index (χ0n) is 13.6. The summed E-state index contributed by atoms with van der Waals surface area (Å²) >= 11 is 5.96. The largest absolute Gasteiger partial charge is 0.382 e. The van der Waals surface area contributed by atoms with Gasteiger partial charge in [0.25, 0.3) is 0 Å². The average molecular weight is 333 g/mol. The molecule has 0 saturated heterocycles. The standard InChI is InChI=1S/C16H21ClN6/c1-21(2)8-11-4-6-12(7-5-11)9-23-10-22(3)13-14(18)19-16(17)20-15(13)23/h4-7H,8-10H2,1-3H3,(H2,18,19,20). The topological polar surface area (TPSA) is 61.5 Å². The maximum Gasteiger partial charge on any atom is 0.226 e. The third kappa shape index (κ3) is 3.33. The van der Waals surface area contributed by atoms with E-state index in [2.05, 4.69) is 58.1 Å². The number of aromatic nitrogens is 2. The molecule has 6 nitrogen and oxygen atoms in total. The number of nitrogens with zero attached hydrogens (tertiary/aromatic N) is 5. The molecule has 0 fully saturated rings. The van der Waals surface area contributed by atoms with Crippen LogP contribution < -0.4 is 15.5 Å². The summed E-state index contributed by atoms with van der Waals surface area (Å²) in [4.78, 5) is 14.7. The molecule has 1 aliphatic heterocycles. The molecule has 2 heterocycles. The first kappa shape index (κ1) is 15.8. The van der Waals surface area contributed by atoms with Gasteiger partial charge in [0.1, 0.15) is 5.69 Å². The number of benzene rings is 1. The van der Waals surface area contributed by atoms with Gasteiger partial charge in [-0.05, 0) is 36.8 Å². The molecule has 0 saturated carbocycles. The summed E-state index contributed by atoms with van der Waals surface area (Å²) in [6, 6.07) is 8.64. The smallest absolute Gasteiger partial charge is 0.226 e. The lowest BCUT2D eigenvalue weighted by molar-refractivity contribution is 0.402. The molecule has 2 aromatic rings. The number of fused-ring (bicyclic) bond motifs is 1. The minimum atomic E-state index is 0.183. The third-order valence-electron chi connectivity index (χ3n) is 3.82. The lowest BCUT2D eigenvalue weighted by Gasteiger charge is -2.19. The van der Waals surface area contributed by atoms with Gasteiger partial charge in [0.05, 0.1) is 6.67 Å². The second-order valence-corrected chi connectivity index (χ2v) is 6.48. The Labute approximate surface area is 141 Å². The van der Waals surface area contributed by atoms with Gasteiger partial charge in [0.2, 0.25) is 5.28 Å². The number of hydrogen-bond acceptors (Lipinski definition) is 6. The van der Waals surface area contributed by atoms with E-state index in [9.17, 15) is 0 Å². The van der Waals surface area contributed by atoms with Gasteiger partial charge in [-0.1, -0.05) is 24.3 Å². The van der Waals surface area contributed by atoms with Crippen molar-refractivity contribution >= 4 is 28.9 Å². The van der Waals surface area contributed by atoms with Crippen LogP contribution in [0.4, 0.5) is 17.3 Å². The average Bonchev–Trinajstić information content (AvgIpc) is 2.77. The van der Waals surface area contributed by atoms with Crippen molar-refractivity contribution in [2.45, 2.75) is 13.1 Å². The van der Waals surface area contributed by atoms with E-state index in [4.69, 9.17) is 17.3 Å². The predicted octanol–water partition coefficient (Wildman–Crippen LogP) is 2.19. The number of nitrogen functional groups attached to an aromatic ring is 1. The van der Waals surface area contributed by atoms with Crippen LogP contribution in [0.2, 0.25) is 5.28 Å². The predicted molar refractivity (Wildman–Crippen MR) is 94.7 cm³/mol. The van der Waals surface area contributed by atoms with Crippen LogP contribution in [0.1, 0.15) is 11.1 Å². The van der Waals surface area contributed by atoms with Crippen LogP contribution in [0.15, 0.2) is 24.3 Å². The van der Waals surface area contributed by atoms with E-state index in [1.54, 1.807) is 0 Å². The van der Waals surface area contributed by atoms with Crippen molar-refractivity contribution in [1.82, 2.24) is 14.9 Å². The third-order valence-corrected chi connectivity index (χ3v) is 3.99. The summed E-state index contributed by atoms with van der Waals surface area (Å²) in [6.45, 7) is 2.41. The lowest BCUT2D eigenvalue weighted by Crippen LogP contribution is -2.28. The molecule has 2 N–H and O–H groups in total. The first-order chi connectivity index (χ1) is 10.9. The Balaban J connectivity index is 1.80. The van der Waals surface area contributed by atoms with Gasteiger partial charge in [0, 0.05) is 20.1 Å². The fraction of sp³-hybridized carbons (Fsp3) is 0.375. The van der Waals surface area contributed by atoms with Crippen molar-refractivity contribution in [2.75, 3.05) is 43.3 Å². The highest BCUT2D eigenvalue weighted by Crippen LogP contribution is 2.38. The van der Waals surface area contributed by atoms with Crippen LogP contribution in [0.3, 0.4) is 0 Å². The molecule has 0 unspecified atom stereocenters. The van der Waals surface area contributed by atoms with Crippen molar-refractivity contribution in [3.63, 3.8) is 0 Å². The molecule has 0 atom stereocenters. The summed E-state index contributed by atoms with van der Waals surface area (Å²) in [7, 11) is 6.12. The Morgan fingerprint density at radius 2 is 1.83 bits per heavy atom. The van der Waals surface area contributed by atoms with Gasteiger partial charge in [-0.2, -0.15) is 9.97 Å². The Morgan fingerprint density at radius 1 is 1.17 bits per heavy atom. The highest BCUT2D eigenvalue weighted by atomic mass is 35.5. The Bertz CT molecular complexity index is 700. The summed E-state index contributed by atoms with van der Waals surface area (Å²) in [6.07, 6.45) is 0. The summed E-state index contributed by atoms with van der Waals surface area (Å²) in [5.74, 6) is 1.22. The molecule has 7 heteroatoms. The summed E-state index contributed by atoms with van der Waals surface area (Å²) < 4.78 is 0. The van der Waals surface area contributed by atoms with E-state index in [1.165, 1.54) is 11.1 Å². The molecule has 0 amide bonds. The van der Waals surface area contributed by atoms with Gasteiger partial charge >= 0.3 is 0 Å². The minimum Gasteiger partial charge on any atom is -0.382 e. The van der Waals surface area contributed by atoms with E-state index >= 15 is 0 Å². The van der Waals surface area contributed by atoms with Crippen LogP contribution in [0.5, 0.6) is 0 Å². The maximum absolute atomic E-state index is 5.98. The fourth-order valence-corrected chi connectivity index (χ4v) is 3.04. The number of hydrogen-bond donors (Lipinski definition) is 1. The van der Waals surface area contributed by atoms with Crippen molar-refractivity contribution < 1.29 is 0 Å². The molecule has 0 radical (unpaired) electrons. The Hall–Kier alpha value is -2.05. The zero-order valence-corrected chi connectivity index (χ0v) is 14.4. The van der Waals surface area contributed by atoms with Gasteiger partial charge in [-0.3, -0.25) is 0 Å².